The monoisotopic (exact) mass is 1080 g/mol. The number of esters is 1. The van der Waals surface area contributed by atoms with E-state index in [1.54, 1.807) is 86.8 Å². The van der Waals surface area contributed by atoms with Gasteiger partial charge >= 0.3 is 12.0 Å². The van der Waals surface area contributed by atoms with Crippen molar-refractivity contribution in [1.82, 2.24) is 30.8 Å². The molecule has 0 aromatic carbocycles. The number of amides is 2. The van der Waals surface area contributed by atoms with Crippen molar-refractivity contribution in [1.29, 1.82) is 0 Å². The number of aromatic amines is 1. The molecule has 16 N–H and O–H groups in total. The summed E-state index contributed by atoms with van der Waals surface area (Å²) in [5.74, 6) is -3.93. The lowest BCUT2D eigenvalue weighted by atomic mass is 9.87. The van der Waals surface area contributed by atoms with Crippen molar-refractivity contribution in [2.45, 2.75) is 188 Å². The molecule has 2 bridgehead atoms. The van der Waals surface area contributed by atoms with Crippen LogP contribution in [-0.2, 0) is 33.8 Å². The lowest BCUT2D eigenvalue weighted by Gasteiger charge is -2.46. The molecule has 3 aliphatic rings. The number of nitrogens with two attached hydrogens (primary N) is 1. The number of H-pyrrole nitrogens is 1. The average Bonchev–Trinajstić information content (AvgIpc) is 3.90. The largest absolute Gasteiger partial charge is 0.462 e. The molecule has 25 nitrogen and oxygen atoms in total. The minimum atomic E-state index is -4.45. The Labute approximate surface area is 436 Å². The normalized spacial score (nSPS) is 41.1. The Hall–Kier alpha value is -4.59. The van der Waals surface area contributed by atoms with E-state index < -0.39 is 162 Å². The average molecular weight is 1080 g/mol. The molecule has 422 valence electrons. The van der Waals surface area contributed by atoms with E-state index in [9.17, 15) is 69.1 Å². The van der Waals surface area contributed by atoms with Crippen LogP contribution in [0.4, 0.5) is 4.79 Å². The molecule has 0 saturated carbocycles. The van der Waals surface area contributed by atoms with Crippen molar-refractivity contribution in [3.05, 3.63) is 91.4 Å². The molecule has 3 aliphatic heterocycles. The first-order valence-electron chi connectivity index (χ1n) is 24.8. The van der Waals surface area contributed by atoms with E-state index >= 15 is 0 Å². The Morgan fingerprint density at radius 1 is 0.747 bits per heavy atom. The second-order valence-corrected chi connectivity index (χ2v) is 20.8. The fourth-order valence-electron chi connectivity index (χ4n) is 8.51. The molecule has 26 heteroatoms. The molecule has 0 unspecified atom stereocenters. The van der Waals surface area contributed by atoms with Crippen LogP contribution < -0.4 is 21.3 Å². The number of allylic oxidation sites excluding steroid dienone is 12. The summed E-state index contributed by atoms with van der Waals surface area (Å²) in [6.45, 7) is 6.69. The number of fused-ring (bicyclic) bond motifs is 2. The van der Waals surface area contributed by atoms with Crippen LogP contribution in [0, 0.1) is 11.8 Å². The van der Waals surface area contributed by atoms with E-state index in [1.165, 1.54) is 13.0 Å². The van der Waals surface area contributed by atoms with Crippen LogP contribution in [0.2, 0.25) is 0 Å². The maximum atomic E-state index is 13.2. The van der Waals surface area contributed by atoms with Crippen LogP contribution in [0.3, 0.4) is 0 Å². The van der Waals surface area contributed by atoms with E-state index in [0.717, 1.165) is 6.33 Å². The molecular formula is C49H77N7O18S. The van der Waals surface area contributed by atoms with Gasteiger partial charge < -0.3 is 81.1 Å². The molecule has 2 saturated heterocycles. The number of hydrazine groups is 1. The highest BCUT2D eigenvalue weighted by Crippen LogP contribution is 2.35. The van der Waals surface area contributed by atoms with Crippen molar-refractivity contribution in [3.63, 3.8) is 0 Å². The third kappa shape index (κ3) is 20.7. The molecule has 2 fully saturated rings. The van der Waals surface area contributed by atoms with Gasteiger partial charge in [-0.15, -0.1) is 4.83 Å². The van der Waals surface area contributed by atoms with Gasteiger partial charge in [-0.25, -0.2) is 23.3 Å². The van der Waals surface area contributed by atoms with Gasteiger partial charge in [0.05, 0.1) is 85.6 Å². The molecule has 0 spiro atoms. The molecule has 2 amide bonds. The summed E-state index contributed by atoms with van der Waals surface area (Å²) in [4.78, 5) is 31.3. The van der Waals surface area contributed by atoms with Crippen molar-refractivity contribution >= 4 is 22.0 Å². The summed E-state index contributed by atoms with van der Waals surface area (Å²) in [7, 11) is -4.45. The van der Waals surface area contributed by atoms with Crippen LogP contribution in [0.1, 0.15) is 79.1 Å². The Kier molecular flexibility index (Phi) is 25.5. The summed E-state index contributed by atoms with van der Waals surface area (Å²) in [5.41, 5.74) is 8.02. The van der Waals surface area contributed by atoms with E-state index in [0.29, 0.717) is 0 Å². The lowest BCUT2D eigenvalue weighted by molar-refractivity contribution is -0.303. The summed E-state index contributed by atoms with van der Waals surface area (Å²) in [6, 6.07) is -3.86. The van der Waals surface area contributed by atoms with Crippen molar-refractivity contribution in [2.75, 3.05) is 0 Å². The fourth-order valence-corrected chi connectivity index (χ4v) is 9.19. The number of sulfonamides is 1. The van der Waals surface area contributed by atoms with Crippen LogP contribution in [0.5, 0.6) is 0 Å². The van der Waals surface area contributed by atoms with Gasteiger partial charge in [0.25, 0.3) is 15.2 Å². The predicted molar refractivity (Wildman–Crippen MR) is 268 cm³/mol. The maximum absolute atomic E-state index is 13.2. The number of hydrogen-bond donors (Lipinski definition) is 15. The molecule has 4 heterocycles. The standard InChI is InChI=1S/C49H77N7O18S/c1-28-17-15-13-11-9-7-5-6-8-10-12-14-16-18-35(73-46-45(66)41(50)44(65)31(4)72-46)24-39-42(53-47(67)54-56-75(69,70)48-51-27-52-55-48)38(62)26-49(68,74-39)25-34(59)22-37(61)36(60)20-19-32(57)21-33(58)23-40(63)71-30(3)29(2)43(28)64/h5-18,27-39,41-46,56-62,64-66,68H,19-26,50H2,1-4H3,(H,51,52,55)(H2,53,54,67)/b6-5+,9-7+,10-8+,13-11+,14-12+,17-15+,18-16+/t28-,29-,30-,31+,32+,33+,34-,35-,36+,37+,38-,39-,41-,42+,43+,44+,45-,46-,49+/m0/s1. The third-order valence-electron chi connectivity index (χ3n) is 13.0. The Morgan fingerprint density at radius 3 is 1.97 bits per heavy atom. The van der Waals surface area contributed by atoms with Crippen molar-refractivity contribution < 1.29 is 88.0 Å². The highest BCUT2D eigenvalue weighted by molar-refractivity contribution is 7.89. The number of carbonyl (C=O) groups is 2. The van der Waals surface area contributed by atoms with Crippen molar-refractivity contribution in [2.24, 2.45) is 17.6 Å². The molecule has 1 aromatic rings. The number of urea groups is 1. The molecule has 75 heavy (non-hydrogen) atoms. The molecule has 4 rings (SSSR count). The summed E-state index contributed by atoms with van der Waals surface area (Å²) in [6.07, 6.45) is 3.30. The molecule has 1 aromatic heterocycles. The van der Waals surface area contributed by atoms with Crippen LogP contribution in [-0.4, -0.2) is 190 Å². The summed E-state index contributed by atoms with van der Waals surface area (Å²) in [5, 5.41) is 117. The molecule has 0 aliphatic carbocycles. The highest BCUT2D eigenvalue weighted by Gasteiger charge is 2.49. The number of carbonyl (C=O) groups excluding carboxylic acids is 2. The number of ether oxygens (including phenoxy) is 4. The first-order valence-corrected chi connectivity index (χ1v) is 26.3. The second kappa shape index (κ2) is 30.4. The van der Waals surface area contributed by atoms with Gasteiger partial charge in [0.1, 0.15) is 18.5 Å². The maximum Gasteiger partial charge on any atom is 0.330 e. The number of aliphatic hydroxyl groups excluding tert-OH is 9. The summed E-state index contributed by atoms with van der Waals surface area (Å²) >= 11 is 0. The highest BCUT2D eigenvalue weighted by atomic mass is 32.2. The molecule has 0 radical (unpaired) electrons. The van der Waals surface area contributed by atoms with Crippen molar-refractivity contribution in [3.8, 4) is 0 Å². The van der Waals surface area contributed by atoms with Gasteiger partial charge in [0.2, 0.25) is 0 Å². The van der Waals surface area contributed by atoms with Crippen LogP contribution in [0.15, 0.2) is 96.5 Å². The van der Waals surface area contributed by atoms with E-state index in [1.807, 2.05) is 23.3 Å². The zero-order valence-corrected chi connectivity index (χ0v) is 43.1. The number of rotatable bonds is 6. The number of cyclic esters (lactones) is 1. The smallest absolute Gasteiger partial charge is 0.330 e. The van der Waals surface area contributed by atoms with Crippen LogP contribution in [0.25, 0.3) is 0 Å². The second-order valence-electron chi connectivity index (χ2n) is 19.2. The number of nitrogens with zero attached hydrogens (tertiary/aromatic N) is 2. The Bertz CT molecular complexity index is 2230. The predicted octanol–water partition coefficient (Wildman–Crippen LogP) is -1.31. The van der Waals surface area contributed by atoms with Gasteiger partial charge in [0, 0.05) is 37.5 Å². The number of aliphatic hydroxyl groups is 10. The summed E-state index contributed by atoms with van der Waals surface area (Å²) < 4.78 is 48.8. The minimum absolute atomic E-state index is 0.142. The van der Waals surface area contributed by atoms with Gasteiger partial charge in [-0.3, -0.25) is 10.2 Å². The number of nitrogens with one attached hydrogen (secondary N) is 4. The van der Waals surface area contributed by atoms with Crippen LogP contribution >= 0.6 is 0 Å². The molecule has 19 atom stereocenters. The van der Waals surface area contributed by atoms with E-state index in [-0.39, 0.29) is 31.6 Å². The first-order chi connectivity index (χ1) is 35.4. The minimum Gasteiger partial charge on any atom is -0.462 e. The first kappa shape index (κ1) is 62.9. The zero-order valence-electron chi connectivity index (χ0n) is 42.3. The SMILES string of the molecule is C[C@@H]1[C@H](O)[C@@H](C)/C=C/C=C/C=C/C=C/C=C/C=C/C=C/[C@H](O[C@@H]2O[C@H](C)[C@@H](O)[C@H](N)[C@@H]2O)C[C@@H]2O[C@](O)(C[C@@H](O)C[C@@H](O)[C@H](O)CC[C@@H](O)C[C@@H](O)CC(=O)O[C@H]1C)C[C@H](O)[C@H]2NC(=O)NNS(=O)(=O)c1ncn[nH]1. The van der Waals surface area contributed by atoms with E-state index in [4.69, 9.17) is 24.7 Å². The topological polar surface area (TPSA) is 411 Å². The zero-order chi connectivity index (χ0) is 55.5. The van der Waals surface area contributed by atoms with Gasteiger partial charge in [0.15, 0.2) is 12.1 Å². The van der Waals surface area contributed by atoms with Gasteiger partial charge in [-0.2, -0.15) is 5.10 Å². The number of hydrogen-bond acceptors (Lipinski definition) is 21. The quantitative estimate of drug-likeness (QED) is 0.116. The Morgan fingerprint density at radius 2 is 1.36 bits per heavy atom. The van der Waals surface area contributed by atoms with Gasteiger partial charge in [-0.1, -0.05) is 98.9 Å². The van der Waals surface area contributed by atoms with Gasteiger partial charge in [-0.05, 0) is 33.1 Å². The fraction of sp³-hybridized carbons (Fsp3) is 0.633. The lowest BCUT2D eigenvalue weighted by Crippen LogP contribution is -2.64. The third-order valence-corrected chi connectivity index (χ3v) is 14.1. The van der Waals surface area contributed by atoms with E-state index in [2.05, 4.69) is 20.5 Å². The Balaban J connectivity index is 1.61. The molecular weight excluding hydrogens is 1010 g/mol. The number of aromatic nitrogens is 3.